The second-order valence-corrected chi connectivity index (χ2v) is 6.87. The number of benzene rings is 2. The smallest absolute Gasteiger partial charge is 0.124 e. The van der Waals surface area contributed by atoms with Crippen LogP contribution in [-0.4, -0.2) is 84.8 Å². The van der Waals surface area contributed by atoms with Crippen LogP contribution < -0.4 is 0 Å². The van der Waals surface area contributed by atoms with Crippen LogP contribution in [0.5, 0.6) is 11.5 Å². The van der Waals surface area contributed by atoms with Gasteiger partial charge in [0.1, 0.15) is 11.5 Å². The number of hydrogen-bond acceptors (Lipinski definition) is 6. The molecule has 0 bridgehead atoms. The molecule has 0 saturated carbocycles. The Labute approximate surface area is 166 Å². The molecule has 1 aliphatic heterocycles. The molecule has 1 heterocycles. The van der Waals surface area contributed by atoms with E-state index in [4.69, 9.17) is 0 Å². The van der Waals surface area contributed by atoms with Crippen molar-refractivity contribution in [1.29, 1.82) is 0 Å². The summed E-state index contributed by atoms with van der Waals surface area (Å²) in [7, 11) is 0. The number of para-hydroxylation sites is 2. The quantitative estimate of drug-likeness (QED) is 0.689. The van der Waals surface area contributed by atoms with E-state index >= 15 is 0 Å². The summed E-state index contributed by atoms with van der Waals surface area (Å²) in [5, 5.41) is 19.5. The molecule has 0 aromatic heterocycles. The van der Waals surface area contributed by atoms with Crippen LogP contribution in [0.4, 0.5) is 0 Å². The maximum Gasteiger partial charge on any atom is 0.124 e. The number of hydrogen-bond donors (Lipinski definition) is 2. The van der Waals surface area contributed by atoms with Crippen molar-refractivity contribution in [3.63, 3.8) is 0 Å². The highest BCUT2D eigenvalue weighted by Crippen LogP contribution is 2.13. The minimum Gasteiger partial charge on any atom is -0.507 e. The molecule has 0 radical (unpaired) electrons. The predicted molar refractivity (Wildman–Crippen MR) is 114 cm³/mol. The molecule has 2 aromatic rings. The second-order valence-electron chi connectivity index (χ2n) is 6.87. The topological polar surface area (TPSA) is 71.7 Å². The second kappa shape index (κ2) is 10.6. The average Bonchev–Trinajstić information content (AvgIpc) is 2.72. The van der Waals surface area contributed by atoms with Gasteiger partial charge in [0.2, 0.25) is 0 Å². The van der Waals surface area contributed by atoms with Crippen LogP contribution in [0.2, 0.25) is 0 Å². The van der Waals surface area contributed by atoms with Gasteiger partial charge in [0.15, 0.2) is 0 Å². The Hall–Kier alpha value is -2.70. The van der Waals surface area contributed by atoms with E-state index in [0.29, 0.717) is 0 Å². The van der Waals surface area contributed by atoms with Crippen LogP contribution in [0.15, 0.2) is 58.5 Å². The summed E-state index contributed by atoms with van der Waals surface area (Å²) in [4.78, 5) is 13.7. The molecule has 1 aliphatic rings. The fraction of sp³-hybridized carbons (Fsp3) is 0.364. The molecule has 3 rings (SSSR count). The van der Waals surface area contributed by atoms with E-state index in [-0.39, 0.29) is 11.5 Å². The van der Waals surface area contributed by atoms with Crippen LogP contribution in [0.25, 0.3) is 0 Å². The first-order valence-electron chi connectivity index (χ1n) is 9.73. The highest BCUT2D eigenvalue weighted by atomic mass is 16.3. The van der Waals surface area contributed by atoms with Gasteiger partial charge in [-0.15, -0.1) is 0 Å². The lowest BCUT2D eigenvalue weighted by Gasteiger charge is -2.34. The third kappa shape index (κ3) is 6.18. The first-order valence-corrected chi connectivity index (χ1v) is 9.73. The van der Waals surface area contributed by atoms with Crippen molar-refractivity contribution in [3.05, 3.63) is 59.7 Å². The van der Waals surface area contributed by atoms with Gasteiger partial charge in [-0.25, -0.2) is 0 Å². The normalized spacial score (nSPS) is 16.3. The third-order valence-corrected chi connectivity index (χ3v) is 4.89. The van der Waals surface area contributed by atoms with Crippen LogP contribution in [0.1, 0.15) is 11.1 Å². The zero-order chi connectivity index (χ0) is 19.6. The van der Waals surface area contributed by atoms with Crippen LogP contribution >= 0.6 is 0 Å². The molecule has 148 valence electrons. The van der Waals surface area contributed by atoms with Crippen LogP contribution in [-0.2, 0) is 0 Å². The number of rotatable bonds is 8. The molecule has 2 aromatic carbocycles. The Balaban J connectivity index is 1.31. The largest absolute Gasteiger partial charge is 0.507 e. The summed E-state index contributed by atoms with van der Waals surface area (Å²) in [5.74, 6) is 0.537. The molecule has 0 atom stereocenters. The molecule has 0 aliphatic carbocycles. The number of aliphatic imine (C=N–C) groups is 2. The zero-order valence-corrected chi connectivity index (χ0v) is 16.1. The van der Waals surface area contributed by atoms with E-state index in [1.165, 1.54) is 0 Å². The number of nitrogens with zero attached hydrogens (tertiary/aromatic N) is 4. The van der Waals surface area contributed by atoms with Crippen molar-refractivity contribution in [1.82, 2.24) is 9.80 Å². The zero-order valence-electron chi connectivity index (χ0n) is 16.1. The van der Waals surface area contributed by atoms with Crippen molar-refractivity contribution < 1.29 is 10.2 Å². The highest BCUT2D eigenvalue weighted by molar-refractivity contribution is 5.83. The molecule has 0 unspecified atom stereocenters. The molecule has 1 saturated heterocycles. The highest BCUT2D eigenvalue weighted by Gasteiger charge is 2.15. The maximum atomic E-state index is 9.73. The van der Waals surface area contributed by atoms with E-state index in [9.17, 15) is 10.2 Å². The minimum atomic E-state index is 0.269. The average molecular weight is 380 g/mol. The number of phenolic OH excluding ortho intramolecular Hbond substituents is 2. The fourth-order valence-corrected chi connectivity index (χ4v) is 3.15. The van der Waals surface area contributed by atoms with E-state index in [0.717, 1.165) is 63.5 Å². The molecular weight excluding hydrogens is 352 g/mol. The Kier molecular flexibility index (Phi) is 7.58. The standard InChI is InChI=1S/C22H28N4O2/c27-21-7-3-1-5-19(21)17-23-9-11-25-13-15-26(16-14-25)12-10-24-18-20-6-2-4-8-22(20)28/h1-8,17-18,27-28H,9-16H2. The van der Waals surface area contributed by atoms with E-state index in [1.807, 2.05) is 36.4 Å². The van der Waals surface area contributed by atoms with Gasteiger partial charge in [-0.3, -0.25) is 19.8 Å². The van der Waals surface area contributed by atoms with Crippen molar-refractivity contribution >= 4 is 12.4 Å². The van der Waals surface area contributed by atoms with Gasteiger partial charge in [0.25, 0.3) is 0 Å². The van der Waals surface area contributed by atoms with Crippen LogP contribution in [0.3, 0.4) is 0 Å². The van der Waals surface area contributed by atoms with E-state index in [2.05, 4.69) is 19.8 Å². The number of piperazine rings is 1. The first kappa shape index (κ1) is 20.0. The van der Waals surface area contributed by atoms with Crippen molar-refractivity contribution in [2.75, 3.05) is 52.4 Å². The Bertz CT molecular complexity index is 731. The Morgan fingerprint density at radius 1 is 0.679 bits per heavy atom. The predicted octanol–water partition coefficient (Wildman–Crippen LogP) is 2.25. The summed E-state index contributed by atoms with van der Waals surface area (Å²) in [5.41, 5.74) is 1.52. The van der Waals surface area contributed by atoms with Gasteiger partial charge in [-0.1, -0.05) is 24.3 Å². The van der Waals surface area contributed by atoms with Gasteiger partial charge < -0.3 is 10.2 Å². The van der Waals surface area contributed by atoms with Gasteiger partial charge in [0.05, 0.1) is 13.1 Å². The summed E-state index contributed by atoms with van der Waals surface area (Å²) < 4.78 is 0. The summed E-state index contributed by atoms with van der Waals surface area (Å²) >= 11 is 0. The molecule has 6 heteroatoms. The van der Waals surface area contributed by atoms with Gasteiger partial charge in [-0.05, 0) is 24.3 Å². The Morgan fingerprint density at radius 3 is 1.46 bits per heavy atom. The lowest BCUT2D eigenvalue weighted by atomic mass is 10.2. The molecule has 0 spiro atoms. The van der Waals surface area contributed by atoms with Gasteiger partial charge in [-0.2, -0.15) is 0 Å². The molecule has 28 heavy (non-hydrogen) atoms. The van der Waals surface area contributed by atoms with Crippen molar-refractivity contribution in [2.45, 2.75) is 0 Å². The lowest BCUT2D eigenvalue weighted by Crippen LogP contribution is -2.47. The minimum absolute atomic E-state index is 0.269. The van der Waals surface area contributed by atoms with E-state index < -0.39 is 0 Å². The maximum absolute atomic E-state index is 9.73. The fourth-order valence-electron chi connectivity index (χ4n) is 3.15. The number of aromatic hydroxyl groups is 2. The third-order valence-electron chi connectivity index (χ3n) is 4.89. The monoisotopic (exact) mass is 380 g/mol. The molecule has 6 nitrogen and oxygen atoms in total. The van der Waals surface area contributed by atoms with Gasteiger partial charge in [0, 0.05) is 62.8 Å². The summed E-state index contributed by atoms with van der Waals surface area (Å²) in [6, 6.07) is 14.5. The van der Waals surface area contributed by atoms with E-state index in [1.54, 1.807) is 24.6 Å². The van der Waals surface area contributed by atoms with Crippen molar-refractivity contribution in [2.24, 2.45) is 9.98 Å². The van der Waals surface area contributed by atoms with Crippen LogP contribution in [0, 0.1) is 0 Å². The summed E-state index contributed by atoms with van der Waals surface area (Å²) in [6.07, 6.45) is 3.49. The van der Waals surface area contributed by atoms with Gasteiger partial charge >= 0.3 is 0 Å². The summed E-state index contributed by atoms with van der Waals surface area (Å²) in [6.45, 7) is 7.49. The molecular formula is C22H28N4O2. The lowest BCUT2D eigenvalue weighted by molar-refractivity contribution is 0.138. The molecule has 2 N–H and O–H groups in total. The molecule has 0 amide bonds. The Morgan fingerprint density at radius 2 is 1.07 bits per heavy atom. The number of phenols is 2. The molecule has 1 fully saturated rings. The van der Waals surface area contributed by atoms with Crippen molar-refractivity contribution in [3.8, 4) is 11.5 Å². The first-order chi connectivity index (χ1) is 13.7. The SMILES string of the molecule is Oc1ccccc1C=NCCN1CCN(CCN=Cc2ccccc2O)CC1.